The van der Waals surface area contributed by atoms with Crippen molar-refractivity contribution in [2.75, 3.05) is 16.2 Å². The molecule has 0 spiro atoms. The Kier molecular flexibility index (Phi) is 5.96. The summed E-state index contributed by atoms with van der Waals surface area (Å²) in [5.41, 5.74) is 0.190. The molecule has 1 amide bonds. The van der Waals surface area contributed by atoms with Crippen molar-refractivity contribution in [3.63, 3.8) is 0 Å². The smallest absolute Gasteiger partial charge is 0.264 e. The van der Waals surface area contributed by atoms with Gasteiger partial charge in [-0.25, -0.2) is 12.8 Å². The SMILES string of the molecule is O=C(CN(c1ccccc1F)S(=O)(=O)c1ccccc1)Nc1cccc(Cl)c1. The van der Waals surface area contributed by atoms with Gasteiger partial charge >= 0.3 is 0 Å². The number of halogens is 2. The van der Waals surface area contributed by atoms with Gasteiger partial charge in [0.15, 0.2) is 0 Å². The van der Waals surface area contributed by atoms with E-state index in [0.29, 0.717) is 10.7 Å². The topological polar surface area (TPSA) is 66.5 Å². The number of anilines is 2. The summed E-state index contributed by atoms with van der Waals surface area (Å²) in [6.07, 6.45) is 0. The van der Waals surface area contributed by atoms with E-state index < -0.39 is 28.3 Å². The van der Waals surface area contributed by atoms with E-state index in [9.17, 15) is 17.6 Å². The van der Waals surface area contributed by atoms with Crippen LogP contribution in [0.15, 0.2) is 83.8 Å². The summed E-state index contributed by atoms with van der Waals surface area (Å²) < 4.78 is 41.3. The zero-order valence-electron chi connectivity index (χ0n) is 14.5. The molecule has 0 aliphatic heterocycles. The maximum absolute atomic E-state index is 14.4. The van der Waals surface area contributed by atoms with E-state index in [4.69, 9.17) is 11.6 Å². The lowest BCUT2D eigenvalue weighted by Crippen LogP contribution is -2.38. The Bertz CT molecular complexity index is 1090. The molecule has 0 aliphatic carbocycles. The molecule has 1 N–H and O–H groups in total. The first kappa shape index (κ1) is 19.9. The molecule has 0 radical (unpaired) electrons. The fourth-order valence-corrected chi connectivity index (χ4v) is 4.21. The Balaban J connectivity index is 1.95. The van der Waals surface area contributed by atoms with Crippen molar-refractivity contribution in [1.29, 1.82) is 0 Å². The van der Waals surface area contributed by atoms with Crippen LogP contribution in [-0.2, 0) is 14.8 Å². The second-order valence-electron chi connectivity index (χ2n) is 5.83. The molecule has 0 aromatic heterocycles. The fourth-order valence-electron chi connectivity index (χ4n) is 2.57. The molecule has 0 unspecified atom stereocenters. The lowest BCUT2D eigenvalue weighted by atomic mass is 10.3. The van der Waals surface area contributed by atoms with Crippen molar-refractivity contribution in [2.45, 2.75) is 4.90 Å². The third kappa shape index (κ3) is 4.49. The minimum Gasteiger partial charge on any atom is -0.324 e. The van der Waals surface area contributed by atoms with Gasteiger partial charge in [0.05, 0.1) is 10.6 Å². The van der Waals surface area contributed by atoms with E-state index in [-0.39, 0.29) is 10.6 Å². The van der Waals surface area contributed by atoms with Crippen molar-refractivity contribution in [3.05, 3.63) is 89.7 Å². The molecular weight excluding hydrogens is 403 g/mol. The Morgan fingerprint density at radius 3 is 2.32 bits per heavy atom. The van der Waals surface area contributed by atoms with Crippen LogP contribution in [0.5, 0.6) is 0 Å². The first-order valence-electron chi connectivity index (χ1n) is 8.25. The average molecular weight is 419 g/mol. The number of amides is 1. The zero-order valence-corrected chi connectivity index (χ0v) is 16.1. The molecule has 144 valence electrons. The molecule has 0 aliphatic rings. The number of rotatable bonds is 6. The number of sulfonamides is 1. The van der Waals surface area contributed by atoms with Gasteiger partial charge in [-0.3, -0.25) is 9.10 Å². The Labute approximate surface area is 167 Å². The van der Waals surface area contributed by atoms with E-state index in [2.05, 4.69) is 5.32 Å². The highest BCUT2D eigenvalue weighted by Gasteiger charge is 2.29. The number of nitrogens with one attached hydrogen (secondary N) is 1. The second kappa shape index (κ2) is 8.41. The summed E-state index contributed by atoms with van der Waals surface area (Å²) >= 11 is 5.90. The van der Waals surface area contributed by atoms with Gasteiger partial charge in [-0.05, 0) is 42.5 Å². The van der Waals surface area contributed by atoms with Crippen LogP contribution in [0.4, 0.5) is 15.8 Å². The molecule has 3 aromatic carbocycles. The molecule has 0 heterocycles. The number of carbonyl (C=O) groups excluding carboxylic acids is 1. The molecule has 0 saturated heterocycles. The first-order chi connectivity index (χ1) is 13.4. The van der Waals surface area contributed by atoms with Crippen LogP contribution in [0.2, 0.25) is 5.02 Å². The molecule has 0 saturated carbocycles. The van der Waals surface area contributed by atoms with E-state index in [1.54, 1.807) is 36.4 Å². The van der Waals surface area contributed by atoms with Crippen LogP contribution >= 0.6 is 11.6 Å². The molecule has 28 heavy (non-hydrogen) atoms. The summed E-state index contributed by atoms with van der Waals surface area (Å²) in [5.74, 6) is -1.39. The molecule has 3 aromatic rings. The molecule has 5 nitrogen and oxygen atoms in total. The summed E-state index contributed by atoms with van der Waals surface area (Å²) in [7, 11) is -4.17. The van der Waals surface area contributed by atoms with Crippen molar-refractivity contribution in [3.8, 4) is 0 Å². The van der Waals surface area contributed by atoms with Crippen LogP contribution in [0.3, 0.4) is 0 Å². The molecule has 8 heteroatoms. The van der Waals surface area contributed by atoms with Crippen LogP contribution in [0.25, 0.3) is 0 Å². The van der Waals surface area contributed by atoms with Gasteiger partial charge in [-0.2, -0.15) is 0 Å². The van der Waals surface area contributed by atoms with Crippen molar-refractivity contribution < 1.29 is 17.6 Å². The maximum Gasteiger partial charge on any atom is 0.264 e. The predicted octanol–water partition coefficient (Wildman–Crippen LogP) is 4.31. The number of nitrogens with zero attached hydrogens (tertiary/aromatic N) is 1. The first-order valence-corrected chi connectivity index (χ1v) is 10.1. The molecule has 0 atom stereocenters. The largest absolute Gasteiger partial charge is 0.324 e. The third-order valence-corrected chi connectivity index (χ3v) is 5.86. The Morgan fingerprint density at radius 1 is 0.964 bits per heavy atom. The minimum atomic E-state index is -4.17. The number of hydrogen-bond acceptors (Lipinski definition) is 3. The fraction of sp³-hybridized carbons (Fsp3) is 0.0500. The molecule has 0 fully saturated rings. The van der Waals surface area contributed by atoms with E-state index in [0.717, 1.165) is 10.4 Å². The third-order valence-electron chi connectivity index (χ3n) is 3.85. The monoisotopic (exact) mass is 418 g/mol. The van der Waals surface area contributed by atoms with Gasteiger partial charge in [0.2, 0.25) is 5.91 Å². The maximum atomic E-state index is 14.4. The highest BCUT2D eigenvalue weighted by atomic mass is 35.5. The lowest BCUT2D eigenvalue weighted by molar-refractivity contribution is -0.114. The van der Waals surface area contributed by atoms with Gasteiger partial charge in [-0.15, -0.1) is 0 Å². The number of carbonyl (C=O) groups is 1. The van der Waals surface area contributed by atoms with Crippen molar-refractivity contribution in [2.24, 2.45) is 0 Å². The van der Waals surface area contributed by atoms with Gasteiger partial charge in [0.25, 0.3) is 10.0 Å². The highest BCUT2D eigenvalue weighted by Crippen LogP contribution is 2.26. The quantitative estimate of drug-likeness (QED) is 0.648. The molecule has 0 bridgehead atoms. The Hall–Kier alpha value is -2.90. The van der Waals surface area contributed by atoms with Crippen molar-refractivity contribution >= 4 is 38.9 Å². The van der Waals surface area contributed by atoms with Gasteiger partial charge in [0.1, 0.15) is 12.4 Å². The van der Waals surface area contributed by atoms with Crippen LogP contribution < -0.4 is 9.62 Å². The second-order valence-corrected chi connectivity index (χ2v) is 8.13. The number of benzene rings is 3. The normalized spacial score (nSPS) is 11.1. The van der Waals surface area contributed by atoms with Crippen LogP contribution in [0, 0.1) is 5.82 Å². The summed E-state index contributed by atoms with van der Waals surface area (Å²) in [6.45, 7) is -0.606. The van der Waals surface area contributed by atoms with E-state index >= 15 is 0 Å². The number of para-hydroxylation sites is 1. The van der Waals surface area contributed by atoms with Gasteiger partial charge < -0.3 is 5.32 Å². The highest BCUT2D eigenvalue weighted by molar-refractivity contribution is 7.92. The lowest BCUT2D eigenvalue weighted by Gasteiger charge is -2.24. The van der Waals surface area contributed by atoms with Gasteiger partial charge in [0, 0.05) is 10.7 Å². The molecular formula is C20H16ClFN2O3S. The average Bonchev–Trinajstić information content (AvgIpc) is 2.67. The van der Waals surface area contributed by atoms with E-state index in [1.807, 2.05) is 0 Å². The number of hydrogen-bond donors (Lipinski definition) is 1. The van der Waals surface area contributed by atoms with Gasteiger partial charge in [-0.1, -0.05) is 48.0 Å². The molecule has 3 rings (SSSR count). The standard InChI is InChI=1S/C20H16ClFN2O3S/c21-15-7-6-8-16(13-15)23-20(25)14-24(19-12-5-4-11-18(19)22)28(26,27)17-9-2-1-3-10-17/h1-13H,14H2,(H,23,25). The summed E-state index contributed by atoms with van der Waals surface area (Å²) in [4.78, 5) is 12.5. The zero-order chi connectivity index (χ0) is 20.1. The Morgan fingerprint density at radius 2 is 1.64 bits per heavy atom. The van der Waals surface area contributed by atoms with Crippen LogP contribution in [0.1, 0.15) is 0 Å². The predicted molar refractivity (Wildman–Crippen MR) is 107 cm³/mol. The van der Waals surface area contributed by atoms with Crippen molar-refractivity contribution in [1.82, 2.24) is 0 Å². The summed E-state index contributed by atoms with van der Waals surface area (Å²) in [5, 5.41) is 2.99. The summed E-state index contributed by atoms with van der Waals surface area (Å²) in [6, 6.07) is 19.4. The van der Waals surface area contributed by atoms with Crippen LogP contribution in [-0.4, -0.2) is 20.9 Å². The van der Waals surface area contributed by atoms with E-state index in [1.165, 1.54) is 36.4 Å². The minimum absolute atomic E-state index is 0.0474.